The average Bonchev–Trinajstić information content (AvgIpc) is 2.81. The molecule has 0 spiro atoms. The molecule has 33 heavy (non-hydrogen) atoms. The SMILES string of the molecule is CC(=O)N(C)C(=O)/C([N+]#N)=C(\O)O[C@H](C(=O)NC(c1ccccc1)c1ccccc1)C(C)C. The normalized spacial score (nSPS) is 12.4. The maximum Gasteiger partial charge on any atom is 0.528 e. The molecule has 0 saturated carbocycles. The topological polar surface area (TPSA) is 124 Å². The number of amides is 3. The molecule has 2 aromatic carbocycles. The third-order valence-electron chi connectivity index (χ3n) is 4.94. The van der Waals surface area contributed by atoms with Gasteiger partial charge in [-0.2, -0.15) is 0 Å². The van der Waals surface area contributed by atoms with Crippen molar-refractivity contribution in [2.75, 3.05) is 7.05 Å². The molecule has 2 N–H and O–H groups in total. The van der Waals surface area contributed by atoms with Crippen molar-refractivity contribution in [3.8, 4) is 0 Å². The first kappa shape index (κ1) is 25.1. The lowest BCUT2D eigenvalue weighted by atomic mass is 9.97. The van der Waals surface area contributed by atoms with Gasteiger partial charge in [-0.15, -0.1) is 0 Å². The van der Waals surface area contributed by atoms with Crippen LogP contribution in [0.5, 0.6) is 0 Å². The molecule has 0 heterocycles. The van der Waals surface area contributed by atoms with Crippen LogP contribution in [0.4, 0.5) is 0 Å². The molecule has 0 bridgehead atoms. The average molecular weight is 452 g/mol. The van der Waals surface area contributed by atoms with Crippen molar-refractivity contribution >= 4 is 17.7 Å². The number of carbonyl (C=O) groups is 3. The van der Waals surface area contributed by atoms with Crippen LogP contribution in [0.25, 0.3) is 4.98 Å². The number of benzene rings is 2. The van der Waals surface area contributed by atoms with Gasteiger partial charge in [0.05, 0.1) is 6.04 Å². The van der Waals surface area contributed by atoms with Gasteiger partial charge in [0.25, 0.3) is 5.91 Å². The number of hydrogen-bond donors (Lipinski definition) is 2. The van der Waals surface area contributed by atoms with Crippen LogP contribution in [0, 0.1) is 11.3 Å². The number of hydrogen-bond acceptors (Lipinski definition) is 6. The fraction of sp³-hybridized carbons (Fsp3) is 0.292. The van der Waals surface area contributed by atoms with Crippen molar-refractivity contribution in [2.45, 2.75) is 32.9 Å². The van der Waals surface area contributed by atoms with Crippen LogP contribution in [-0.2, 0) is 19.1 Å². The smallest absolute Gasteiger partial charge is 0.475 e. The number of imide groups is 1. The summed E-state index contributed by atoms with van der Waals surface area (Å²) < 4.78 is 5.36. The summed E-state index contributed by atoms with van der Waals surface area (Å²) in [5, 5.41) is 22.4. The highest BCUT2D eigenvalue weighted by molar-refractivity contribution is 6.04. The van der Waals surface area contributed by atoms with Crippen molar-refractivity contribution in [1.82, 2.24) is 10.2 Å². The standard InChI is InChI=1S/C24H26N4O5/c1-15(2)21(33-24(32)20(27-25)23(31)28(4)16(3)29)22(30)26-19(17-11-7-5-8-12-17)18-13-9-6-10-14-18/h5-15,19,21H,1-4H3,(H-,26,30,31,32)/p+1/t21-/m0/s1. The van der Waals surface area contributed by atoms with Crippen molar-refractivity contribution in [3.63, 3.8) is 0 Å². The van der Waals surface area contributed by atoms with E-state index in [1.807, 2.05) is 60.7 Å². The Morgan fingerprint density at radius 1 is 1.00 bits per heavy atom. The molecule has 0 fully saturated rings. The van der Waals surface area contributed by atoms with Gasteiger partial charge >= 0.3 is 17.5 Å². The Morgan fingerprint density at radius 2 is 1.48 bits per heavy atom. The molecule has 0 aliphatic carbocycles. The third kappa shape index (κ3) is 6.40. The molecular formula is C24H27N4O5+. The zero-order chi connectivity index (χ0) is 24.5. The molecule has 0 aliphatic heterocycles. The second-order valence-corrected chi connectivity index (χ2v) is 7.68. The third-order valence-corrected chi connectivity index (χ3v) is 4.94. The van der Waals surface area contributed by atoms with Gasteiger partial charge in [0, 0.05) is 14.0 Å². The van der Waals surface area contributed by atoms with E-state index in [1.54, 1.807) is 13.8 Å². The molecule has 0 aliphatic rings. The molecule has 0 aromatic heterocycles. The number of nitrogens with zero attached hydrogens (tertiary/aromatic N) is 3. The van der Waals surface area contributed by atoms with Gasteiger partial charge in [-0.3, -0.25) is 19.3 Å². The van der Waals surface area contributed by atoms with Crippen molar-refractivity contribution in [1.29, 1.82) is 5.39 Å². The Labute approximate surface area is 192 Å². The highest BCUT2D eigenvalue weighted by Crippen LogP contribution is 2.23. The second-order valence-electron chi connectivity index (χ2n) is 7.68. The molecule has 0 radical (unpaired) electrons. The predicted molar refractivity (Wildman–Crippen MR) is 121 cm³/mol. The number of nitrogens with one attached hydrogen (secondary N) is 1. The first-order valence-corrected chi connectivity index (χ1v) is 10.3. The number of aliphatic hydroxyl groups is 1. The van der Waals surface area contributed by atoms with E-state index in [2.05, 4.69) is 10.3 Å². The molecule has 0 saturated heterocycles. The van der Waals surface area contributed by atoms with Crippen molar-refractivity contribution in [3.05, 3.63) is 88.4 Å². The van der Waals surface area contributed by atoms with Gasteiger partial charge in [0.1, 0.15) is 0 Å². The number of diazo groups is 1. The summed E-state index contributed by atoms with van der Waals surface area (Å²) in [4.78, 5) is 40.3. The lowest BCUT2D eigenvalue weighted by Gasteiger charge is -2.25. The number of ether oxygens (including phenoxy) is 1. The summed E-state index contributed by atoms with van der Waals surface area (Å²) in [6.45, 7) is 4.51. The van der Waals surface area contributed by atoms with Gasteiger partial charge < -0.3 is 15.2 Å². The summed E-state index contributed by atoms with van der Waals surface area (Å²) >= 11 is 0. The number of carbonyl (C=O) groups excluding carboxylic acids is 3. The zero-order valence-electron chi connectivity index (χ0n) is 18.9. The van der Waals surface area contributed by atoms with E-state index < -0.39 is 47.4 Å². The van der Waals surface area contributed by atoms with Crippen LogP contribution in [0.15, 0.2) is 72.3 Å². The number of rotatable bonds is 8. The van der Waals surface area contributed by atoms with Gasteiger partial charge in [-0.25, -0.2) is 0 Å². The Hall–Kier alpha value is -4.19. The van der Waals surface area contributed by atoms with E-state index in [4.69, 9.17) is 4.74 Å². The summed E-state index contributed by atoms with van der Waals surface area (Å²) in [7, 11) is 1.15. The minimum absolute atomic E-state index is 0.431. The van der Waals surface area contributed by atoms with Gasteiger partial charge in [-0.05, 0) is 17.0 Å². The predicted octanol–water partition coefficient (Wildman–Crippen LogP) is 3.52. The molecular weight excluding hydrogens is 424 g/mol. The minimum atomic E-state index is -1.23. The molecule has 172 valence electrons. The molecule has 3 amide bonds. The molecule has 9 heteroatoms. The highest BCUT2D eigenvalue weighted by atomic mass is 16.6. The van der Waals surface area contributed by atoms with Crippen LogP contribution >= 0.6 is 0 Å². The first-order chi connectivity index (χ1) is 15.7. The van der Waals surface area contributed by atoms with Crippen LogP contribution in [0.3, 0.4) is 0 Å². The van der Waals surface area contributed by atoms with Crippen molar-refractivity contribution in [2.24, 2.45) is 5.92 Å². The lowest BCUT2D eigenvalue weighted by Crippen LogP contribution is -2.42. The Morgan fingerprint density at radius 3 is 1.88 bits per heavy atom. The lowest BCUT2D eigenvalue weighted by molar-refractivity contribution is -0.141. The zero-order valence-corrected chi connectivity index (χ0v) is 18.9. The number of aliphatic hydroxyl groups excluding tert-OH is 1. The Bertz CT molecular complexity index is 1020. The second kappa shape index (κ2) is 11.4. The summed E-state index contributed by atoms with van der Waals surface area (Å²) in [6, 6.07) is 18.2. The number of likely N-dealkylation sites (N-methyl/N-ethyl adjacent to an activating group) is 1. The first-order valence-electron chi connectivity index (χ1n) is 10.3. The summed E-state index contributed by atoms with van der Waals surface area (Å²) in [6.07, 6.45) is -1.23. The highest BCUT2D eigenvalue weighted by Gasteiger charge is 2.38. The van der Waals surface area contributed by atoms with E-state index in [1.165, 1.54) is 0 Å². The molecule has 9 nitrogen and oxygen atoms in total. The van der Waals surface area contributed by atoms with E-state index in [0.29, 0.717) is 4.90 Å². The monoisotopic (exact) mass is 451 g/mol. The van der Waals surface area contributed by atoms with Crippen LogP contribution in [0.2, 0.25) is 0 Å². The van der Waals surface area contributed by atoms with E-state index >= 15 is 0 Å². The van der Waals surface area contributed by atoms with Gasteiger partial charge in [0.2, 0.25) is 11.3 Å². The minimum Gasteiger partial charge on any atom is -0.475 e. The molecule has 2 rings (SSSR count). The van der Waals surface area contributed by atoms with Crippen molar-refractivity contribution < 1.29 is 24.2 Å². The fourth-order valence-corrected chi connectivity index (χ4v) is 3.02. The van der Waals surface area contributed by atoms with Crippen LogP contribution < -0.4 is 5.32 Å². The summed E-state index contributed by atoms with van der Waals surface area (Å²) in [5.41, 5.74) is 0.779. The van der Waals surface area contributed by atoms with E-state index in [-0.39, 0.29) is 0 Å². The van der Waals surface area contributed by atoms with Gasteiger partial charge in [0.15, 0.2) is 11.1 Å². The Balaban J connectivity index is 2.34. The summed E-state index contributed by atoms with van der Waals surface area (Å²) in [5.74, 6) is -3.78. The largest absolute Gasteiger partial charge is 0.528 e. The molecule has 2 aromatic rings. The fourth-order valence-electron chi connectivity index (χ4n) is 3.02. The van der Waals surface area contributed by atoms with E-state index in [9.17, 15) is 24.9 Å². The van der Waals surface area contributed by atoms with E-state index in [0.717, 1.165) is 25.1 Å². The maximum absolute atomic E-state index is 13.2. The Kier molecular flexibility index (Phi) is 8.69. The maximum atomic E-state index is 13.2. The van der Waals surface area contributed by atoms with Crippen LogP contribution in [0.1, 0.15) is 37.9 Å². The van der Waals surface area contributed by atoms with Crippen LogP contribution in [-0.4, -0.2) is 40.9 Å². The molecule has 0 unspecified atom stereocenters. The van der Waals surface area contributed by atoms with Gasteiger partial charge in [-0.1, -0.05) is 74.5 Å². The quantitative estimate of drug-likeness (QED) is 0.359. The molecule has 1 atom stereocenters.